The van der Waals surface area contributed by atoms with Crippen LogP contribution >= 0.6 is 0 Å². The van der Waals surface area contributed by atoms with Crippen molar-refractivity contribution in [1.29, 1.82) is 0 Å². The van der Waals surface area contributed by atoms with Crippen molar-refractivity contribution in [2.24, 2.45) is 0 Å². The van der Waals surface area contributed by atoms with E-state index in [2.05, 4.69) is 10.2 Å². The minimum absolute atomic E-state index is 0.00121. The molecule has 0 atom stereocenters. The third kappa shape index (κ3) is 5.27. The van der Waals surface area contributed by atoms with Gasteiger partial charge in [0.25, 0.3) is 5.91 Å². The van der Waals surface area contributed by atoms with Gasteiger partial charge in [-0.15, -0.1) is 0 Å². The summed E-state index contributed by atoms with van der Waals surface area (Å²) >= 11 is 0. The van der Waals surface area contributed by atoms with E-state index in [9.17, 15) is 23.1 Å². The summed E-state index contributed by atoms with van der Waals surface area (Å²) in [5.41, 5.74) is 0.228. The highest BCUT2D eigenvalue weighted by Crippen LogP contribution is 2.34. The molecule has 0 aliphatic carbocycles. The molecule has 2 N–H and O–H groups in total. The lowest BCUT2D eigenvalue weighted by Crippen LogP contribution is -2.44. The minimum atomic E-state index is -4.56. The number of carbonyl (C=O) groups excluding carboxylic acids is 1. The Hall–Kier alpha value is -2.58. The highest BCUT2D eigenvalue weighted by molar-refractivity contribution is 6.04. The van der Waals surface area contributed by atoms with Gasteiger partial charge >= 0.3 is 6.18 Å². The molecule has 2 aromatic rings. The van der Waals surface area contributed by atoms with Crippen LogP contribution in [0.15, 0.2) is 36.4 Å². The molecule has 1 fully saturated rings. The van der Waals surface area contributed by atoms with Crippen LogP contribution in [-0.4, -0.2) is 54.0 Å². The molecule has 2 aromatic carbocycles. The Balaban J connectivity index is 1.81. The van der Waals surface area contributed by atoms with Crippen molar-refractivity contribution in [3.8, 4) is 5.75 Å². The van der Waals surface area contributed by atoms with Crippen LogP contribution in [0.1, 0.15) is 27.0 Å². The Morgan fingerprint density at radius 2 is 1.79 bits per heavy atom. The summed E-state index contributed by atoms with van der Waals surface area (Å²) in [7, 11) is 1.99. The van der Waals surface area contributed by atoms with Gasteiger partial charge in [-0.1, -0.05) is 12.1 Å². The van der Waals surface area contributed by atoms with Crippen LogP contribution in [0, 0.1) is 6.92 Å². The van der Waals surface area contributed by atoms with Crippen molar-refractivity contribution in [3.63, 3.8) is 0 Å². The first kappa shape index (κ1) is 21.1. The Bertz CT molecular complexity index is 891. The first-order valence-electron chi connectivity index (χ1n) is 9.35. The van der Waals surface area contributed by atoms with E-state index in [1.54, 1.807) is 19.1 Å². The molecule has 0 aromatic heterocycles. The fourth-order valence-electron chi connectivity index (χ4n) is 3.26. The minimum Gasteiger partial charge on any atom is -0.508 e. The standard InChI is InChI=1S/C21H24F3N3O2/c1-14-3-6-17(12-19(14)28)25-20(29)15-4-5-16(18(11-15)21(22,23)24)13-27-9-7-26(2)8-10-27/h3-6,11-12,28H,7-10,13H2,1-2H3,(H,25,29). The third-order valence-electron chi connectivity index (χ3n) is 5.13. The monoisotopic (exact) mass is 407 g/mol. The Morgan fingerprint density at radius 1 is 1.10 bits per heavy atom. The number of amides is 1. The largest absolute Gasteiger partial charge is 0.508 e. The number of hydrogen-bond donors (Lipinski definition) is 2. The first-order valence-corrected chi connectivity index (χ1v) is 9.35. The van der Waals surface area contributed by atoms with Gasteiger partial charge in [0.2, 0.25) is 0 Å². The molecule has 1 saturated heterocycles. The molecule has 0 spiro atoms. The summed E-state index contributed by atoms with van der Waals surface area (Å²) in [6, 6.07) is 8.24. The summed E-state index contributed by atoms with van der Waals surface area (Å²) in [6.45, 7) is 4.92. The number of halogens is 3. The van der Waals surface area contributed by atoms with E-state index in [0.29, 0.717) is 24.3 Å². The molecule has 0 radical (unpaired) electrons. The summed E-state index contributed by atoms with van der Waals surface area (Å²) in [4.78, 5) is 16.6. The average Bonchev–Trinajstić information content (AvgIpc) is 2.66. The van der Waals surface area contributed by atoms with Crippen molar-refractivity contribution in [2.75, 3.05) is 38.5 Å². The van der Waals surface area contributed by atoms with E-state index in [-0.39, 0.29) is 23.4 Å². The molecule has 1 amide bonds. The number of aryl methyl sites for hydroxylation is 1. The number of likely N-dealkylation sites (N-methyl/N-ethyl adjacent to an activating group) is 1. The average molecular weight is 407 g/mol. The molecule has 156 valence electrons. The molecular formula is C21H24F3N3O2. The molecule has 0 unspecified atom stereocenters. The fourth-order valence-corrected chi connectivity index (χ4v) is 3.26. The molecular weight excluding hydrogens is 383 g/mol. The SMILES string of the molecule is Cc1ccc(NC(=O)c2ccc(CN3CCN(C)CC3)c(C(F)(F)F)c2)cc1O. The molecule has 1 aliphatic rings. The molecule has 1 aliphatic heterocycles. The quantitative estimate of drug-likeness (QED) is 0.811. The second-order valence-electron chi connectivity index (χ2n) is 7.40. The Morgan fingerprint density at radius 3 is 2.41 bits per heavy atom. The van der Waals surface area contributed by atoms with E-state index < -0.39 is 17.6 Å². The number of phenols is 1. The maximum atomic E-state index is 13.6. The number of benzene rings is 2. The first-order chi connectivity index (χ1) is 13.6. The van der Waals surface area contributed by atoms with Gasteiger partial charge < -0.3 is 15.3 Å². The lowest BCUT2D eigenvalue weighted by Gasteiger charge is -2.33. The lowest BCUT2D eigenvalue weighted by molar-refractivity contribution is -0.138. The number of hydrogen-bond acceptors (Lipinski definition) is 4. The van der Waals surface area contributed by atoms with Crippen molar-refractivity contribution >= 4 is 11.6 Å². The van der Waals surface area contributed by atoms with E-state index in [1.165, 1.54) is 18.2 Å². The number of nitrogens with one attached hydrogen (secondary N) is 1. The van der Waals surface area contributed by atoms with Crippen LogP contribution in [0.2, 0.25) is 0 Å². The maximum absolute atomic E-state index is 13.6. The van der Waals surface area contributed by atoms with Crippen LogP contribution in [0.25, 0.3) is 0 Å². The number of rotatable bonds is 4. The van der Waals surface area contributed by atoms with Gasteiger partial charge in [-0.2, -0.15) is 13.2 Å². The molecule has 29 heavy (non-hydrogen) atoms. The van der Waals surface area contributed by atoms with E-state index in [1.807, 2.05) is 11.9 Å². The maximum Gasteiger partial charge on any atom is 0.416 e. The van der Waals surface area contributed by atoms with E-state index in [0.717, 1.165) is 19.2 Å². The van der Waals surface area contributed by atoms with Gasteiger partial charge in [-0.3, -0.25) is 9.69 Å². The van der Waals surface area contributed by atoms with Crippen molar-refractivity contribution < 1.29 is 23.1 Å². The Kier molecular flexibility index (Phi) is 6.14. The number of anilines is 1. The normalized spacial score (nSPS) is 16.0. The third-order valence-corrected chi connectivity index (χ3v) is 5.13. The molecule has 5 nitrogen and oxygen atoms in total. The van der Waals surface area contributed by atoms with Gasteiger partial charge in [-0.05, 0) is 43.3 Å². The predicted octanol–water partition coefficient (Wildman–Crippen LogP) is 3.72. The van der Waals surface area contributed by atoms with Crippen molar-refractivity contribution in [2.45, 2.75) is 19.6 Å². The predicted molar refractivity (Wildman–Crippen MR) is 105 cm³/mol. The highest BCUT2D eigenvalue weighted by atomic mass is 19.4. The van der Waals surface area contributed by atoms with Gasteiger partial charge in [0.15, 0.2) is 0 Å². The number of piperazine rings is 1. The zero-order valence-electron chi connectivity index (χ0n) is 16.4. The smallest absolute Gasteiger partial charge is 0.416 e. The zero-order valence-corrected chi connectivity index (χ0v) is 16.4. The Labute approximate surface area is 167 Å². The molecule has 0 saturated carbocycles. The van der Waals surface area contributed by atoms with Crippen LogP contribution in [0.3, 0.4) is 0 Å². The molecule has 8 heteroatoms. The number of carbonyl (C=O) groups is 1. The topological polar surface area (TPSA) is 55.8 Å². The molecule has 3 rings (SSSR count). The van der Waals surface area contributed by atoms with Crippen LogP contribution in [-0.2, 0) is 12.7 Å². The lowest BCUT2D eigenvalue weighted by atomic mass is 10.0. The van der Waals surface area contributed by atoms with Crippen molar-refractivity contribution in [1.82, 2.24) is 9.80 Å². The molecule has 1 heterocycles. The van der Waals surface area contributed by atoms with E-state index in [4.69, 9.17) is 0 Å². The van der Waals surface area contributed by atoms with Crippen LogP contribution in [0.5, 0.6) is 5.75 Å². The molecule has 0 bridgehead atoms. The number of nitrogens with zero attached hydrogens (tertiary/aromatic N) is 2. The van der Waals surface area contributed by atoms with Crippen LogP contribution in [0.4, 0.5) is 18.9 Å². The van der Waals surface area contributed by atoms with Gasteiger partial charge in [0, 0.05) is 50.0 Å². The number of phenolic OH excluding ortho intramolecular Hbond substituents is 1. The second kappa shape index (κ2) is 8.42. The number of aromatic hydroxyl groups is 1. The summed E-state index contributed by atoms with van der Waals surface area (Å²) < 4.78 is 40.9. The van der Waals surface area contributed by atoms with Gasteiger partial charge in [0.05, 0.1) is 5.56 Å². The summed E-state index contributed by atoms with van der Waals surface area (Å²) in [6.07, 6.45) is -4.56. The summed E-state index contributed by atoms with van der Waals surface area (Å²) in [5.74, 6) is -0.661. The summed E-state index contributed by atoms with van der Waals surface area (Å²) in [5, 5.41) is 12.3. The zero-order chi connectivity index (χ0) is 21.2. The van der Waals surface area contributed by atoms with Gasteiger partial charge in [-0.25, -0.2) is 0 Å². The van der Waals surface area contributed by atoms with E-state index >= 15 is 0 Å². The van der Waals surface area contributed by atoms with Crippen molar-refractivity contribution in [3.05, 3.63) is 58.7 Å². The number of alkyl halides is 3. The van der Waals surface area contributed by atoms with Gasteiger partial charge in [0.1, 0.15) is 5.75 Å². The van der Waals surface area contributed by atoms with Crippen LogP contribution < -0.4 is 5.32 Å². The highest BCUT2D eigenvalue weighted by Gasteiger charge is 2.34. The fraction of sp³-hybridized carbons (Fsp3) is 0.381. The second-order valence-corrected chi connectivity index (χ2v) is 7.40.